The minimum atomic E-state index is -0.880. The summed E-state index contributed by atoms with van der Waals surface area (Å²) in [5.74, 6) is -0.0642. The molecule has 162 valence electrons. The molecule has 0 aliphatic heterocycles. The molecular weight excluding hydrogens is 433 g/mol. The number of rotatable bonds is 12. The van der Waals surface area contributed by atoms with Gasteiger partial charge in [-0.05, 0) is 17.7 Å². The molecule has 0 saturated carbocycles. The summed E-state index contributed by atoms with van der Waals surface area (Å²) in [6, 6.07) is 6.77. The number of aromatic amines is 1. The number of primary amides is 1. The van der Waals surface area contributed by atoms with Crippen molar-refractivity contribution in [2.45, 2.75) is 12.5 Å². The van der Waals surface area contributed by atoms with E-state index in [1.807, 2.05) is 24.3 Å². The number of H-pyrrole nitrogens is 1. The Morgan fingerprint density at radius 3 is 2.50 bits per heavy atom. The Hall–Kier alpha value is -2.85. The van der Waals surface area contributed by atoms with Crippen LogP contribution < -0.4 is 16.1 Å². The molecule has 1 aromatic heterocycles. The third kappa shape index (κ3) is 6.60. The van der Waals surface area contributed by atoms with E-state index in [1.54, 1.807) is 0 Å². The number of benzene rings is 1. The van der Waals surface area contributed by atoms with Crippen LogP contribution in [0.15, 0.2) is 40.8 Å². The number of aromatic nitrogens is 2. The topological polar surface area (TPSA) is 138 Å². The summed E-state index contributed by atoms with van der Waals surface area (Å²) < 4.78 is 4.81. The highest BCUT2D eigenvalue weighted by molar-refractivity contribution is 6.18. The van der Waals surface area contributed by atoms with Gasteiger partial charge in [0.05, 0.1) is 13.3 Å². The molecule has 1 heterocycles. The molecule has 1 atom stereocenters. The molecule has 1 aromatic carbocycles. The number of carbonyl (C=O) groups is 2. The molecule has 4 N–H and O–H groups in total. The first-order valence-corrected chi connectivity index (χ1v) is 10.1. The van der Waals surface area contributed by atoms with Gasteiger partial charge in [0.1, 0.15) is 5.56 Å². The van der Waals surface area contributed by atoms with Crippen molar-refractivity contribution in [3.05, 3.63) is 41.6 Å². The third-order valence-electron chi connectivity index (χ3n) is 4.18. The van der Waals surface area contributed by atoms with Crippen molar-refractivity contribution in [3.63, 3.8) is 0 Å². The number of hydrogen-bond donors (Lipinski definition) is 3. The van der Waals surface area contributed by atoms with Crippen LogP contribution in [0.2, 0.25) is 0 Å². The van der Waals surface area contributed by atoms with Gasteiger partial charge in [-0.25, -0.2) is 10.2 Å². The van der Waals surface area contributed by atoms with E-state index in [1.165, 1.54) is 13.3 Å². The fourth-order valence-corrected chi connectivity index (χ4v) is 3.06. The van der Waals surface area contributed by atoms with E-state index in [0.717, 1.165) is 11.3 Å². The third-order valence-corrected chi connectivity index (χ3v) is 4.51. The van der Waals surface area contributed by atoms with Crippen LogP contribution in [0.5, 0.6) is 0 Å². The van der Waals surface area contributed by atoms with Gasteiger partial charge >= 0.3 is 5.97 Å². The lowest BCUT2D eigenvalue weighted by atomic mass is 10.1. The van der Waals surface area contributed by atoms with Crippen LogP contribution in [-0.2, 0) is 16.0 Å². The van der Waals surface area contributed by atoms with Crippen molar-refractivity contribution in [1.82, 2.24) is 10.2 Å². The second-order valence-electron chi connectivity index (χ2n) is 6.12. The maximum Gasteiger partial charge on any atom is 0.332 e. The highest BCUT2D eigenvalue weighted by atomic mass is 35.5. The largest absolute Gasteiger partial charge is 0.467 e. The van der Waals surface area contributed by atoms with Crippen LogP contribution in [0.3, 0.4) is 0 Å². The molecule has 10 nitrogen and oxygen atoms in total. The summed E-state index contributed by atoms with van der Waals surface area (Å²) in [5, 5.41) is 14.0. The summed E-state index contributed by atoms with van der Waals surface area (Å²) in [7, 11) is 1.28. The van der Waals surface area contributed by atoms with Crippen molar-refractivity contribution >= 4 is 46.6 Å². The van der Waals surface area contributed by atoms with Crippen LogP contribution in [0, 0.1) is 0 Å². The Labute approximate surface area is 183 Å². The van der Waals surface area contributed by atoms with E-state index in [4.69, 9.17) is 33.7 Å². The molecule has 0 aliphatic rings. The Bertz CT molecular complexity index is 852. The molecule has 30 heavy (non-hydrogen) atoms. The zero-order chi connectivity index (χ0) is 21.9. The number of ether oxygens (including phenoxy) is 1. The van der Waals surface area contributed by atoms with Crippen molar-refractivity contribution in [2.24, 2.45) is 16.1 Å². The van der Waals surface area contributed by atoms with Crippen LogP contribution in [0.25, 0.3) is 0 Å². The Balaban J connectivity index is 2.08. The number of esters is 1. The molecule has 0 spiro atoms. The fourth-order valence-electron chi connectivity index (χ4n) is 2.65. The molecule has 2 rings (SSSR count). The lowest BCUT2D eigenvalue weighted by molar-refractivity contribution is -0.142. The van der Waals surface area contributed by atoms with Crippen molar-refractivity contribution in [3.8, 4) is 0 Å². The first kappa shape index (κ1) is 23.4. The van der Waals surface area contributed by atoms with Gasteiger partial charge in [0.2, 0.25) is 0 Å². The molecule has 0 bridgehead atoms. The van der Waals surface area contributed by atoms with E-state index >= 15 is 0 Å². The van der Waals surface area contributed by atoms with Crippen molar-refractivity contribution < 1.29 is 14.3 Å². The minimum absolute atomic E-state index is 0.123. The minimum Gasteiger partial charge on any atom is -0.467 e. The van der Waals surface area contributed by atoms with Gasteiger partial charge in [-0.3, -0.25) is 9.89 Å². The molecule has 0 radical (unpaired) electrons. The number of methoxy groups -OCH3 is 1. The number of hydrogen-bond acceptors (Lipinski definition) is 7. The van der Waals surface area contributed by atoms with Crippen molar-refractivity contribution in [1.29, 1.82) is 0 Å². The number of amides is 1. The molecule has 0 fully saturated rings. The smallest absolute Gasteiger partial charge is 0.332 e. The van der Waals surface area contributed by atoms with Gasteiger partial charge in [-0.15, -0.1) is 23.2 Å². The number of anilines is 2. The summed E-state index contributed by atoms with van der Waals surface area (Å²) in [5.41, 5.74) is 9.72. The van der Waals surface area contributed by atoms with Gasteiger partial charge in [0.15, 0.2) is 11.9 Å². The second-order valence-corrected chi connectivity index (χ2v) is 6.88. The van der Waals surface area contributed by atoms with E-state index in [-0.39, 0.29) is 17.8 Å². The molecular formula is C18H23Cl2N7O3. The Morgan fingerprint density at radius 2 is 1.93 bits per heavy atom. The SMILES string of the molecule is COC(=O)C(Cc1ccc(N(CCCl)CCCl)cc1)N=NNc1[nH]ncc1C(N)=O. The predicted molar refractivity (Wildman–Crippen MR) is 115 cm³/mol. The number of carbonyl (C=O) groups excluding carboxylic acids is 2. The zero-order valence-electron chi connectivity index (χ0n) is 16.3. The molecule has 2 aromatic rings. The maximum absolute atomic E-state index is 12.1. The highest BCUT2D eigenvalue weighted by Gasteiger charge is 2.20. The summed E-state index contributed by atoms with van der Waals surface area (Å²) in [4.78, 5) is 25.5. The molecule has 0 saturated heterocycles. The molecule has 12 heteroatoms. The van der Waals surface area contributed by atoms with E-state index in [2.05, 4.69) is 30.9 Å². The first-order valence-electron chi connectivity index (χ1n) is 9.02. The molecule has 0 aliphatic carbocycles. The second kappa shape index (κ2) is 12.0. The number of nitrogens with two attached hydrogens (primary N) is 1. The lowest BCUT2D eigenvalue weighted by Gasteiger charge is -2.23. The average molecular weight is 456 g/mol. The Kier molecular flexibility index (Phi) is 9.36. The van der Waals surface area contributed by atoms with Gasteiger partial charge < -0.3 is 15.4 Å². The average Bonchev–Trinajstić information content (AvgIpc) is 3.22. The number of halogens is 2. The maximum atomic E-state index is 12.1. The van der Waals surface area contributed by atoms with Gasteiger partial charge in [-0.2, -0.15) is 10.2 Å². The number of nitrogens with one attached hydrogen (secondary N) is 2. The van der Waals surface area contributed by atoms with Crippen molar-refractivity contribution in [2.75, 3.05) is 42.3 Å². The first-order chi connectivity index (χ1) is 14.5. The Morgan fingerprint density at radius 1 is 1.27 bits per heavy atom. The molecule has 1 unspecified atom stereocenters. The van der Waals surface area contributed by atoms with Gasteiger partial charge in [0, 0.05) is 37.0 Å². The zero-order valence-corrected chi connectivity index (χ0v) is 17.9. The lowest BCUT2D eigenvalue weighted by Crippen LogP contribution is -2.27. The normalized spacial score (nSPS) is 12.0. The molecule has 1 amide bonds. The quantitative estimate of drug-likeness (QED) is 0.194. The summed E-state index contributed by atoms with van der Waals surface area (Å²) in [6.07, 6.45) is 1.53. The highest BCUT2D eigenvalue weighted by Crippen LogP contribution is 2.18. The van der Waals surface area contributed by atoms with E-state index in [9.17, 15) is 9.59 Å². The number of alkyl halides is 2. The van der Waals surface area contributed by atoms with Crippen LogP contribution in [-0.4, -0.2) is 60.1 Å². The number of nitrogens with zero attached hydrogens (tertiary/aromatic N) is 4. The summed E-state index contributed by atoms with van der Waals surface area (Å²) in [6.45, 7) is 1.36. The van der Waals surface area contributed by atoms with Gasteiger partial charge in [-0.1, -0.05) is 17.4 Å². The summed E-state index contributed by atoms with van der Waals surface area (Å²) >= 11 is 11.7. The predicted octanol–water partition coefficient (Wildman–Crippen LogP) is 2.36. The van der Waals surface area contributed by atoms with E-state index < -0.39 is 17.9 Å². The van der Waals surface area contributed by atoms with Crippen LogP contribution >= 0.6 is 23.2 Å². The fraction of sp³-hybridized carbons (Fsp3) is 0.389. The van der Waals surface area contributed by atoms with E-state index in [0.29, 0.717) is 24.8 Å². The monoisotopic (exact) mass is 455 g/mol. The van der Waals surface area contributed by atoms with Crippen LogP contribution in [0.1, 0.15) is 15.9 Å². The van der Waals surface area contributed by atoms with Gasteiger partial charge in [0.25, 0.3) is 5.91 Å². The standard InChI is InChI=1S/C18H23Cl2N7O3/c1-30-18(29)15(23-26-25-17-14(16(21)28)11-22-24-17)10-12-2-4-13(5-3-12)27(8-6-19)9-7-20/h2-5,11,15H,6-10H2,1H3,(H2,21,28)(H2,22,23,24,25). The van der Waals surface area contributed by atoms with Crippen LogP contribution in [0.4, 0.5) is 11.5 Å².